The van der Waals surface area contributed by atoms with Crippen LogP contribution in [0.15, 0.2) is 41.3 Å². The van der Waals surface area contributed by atoms with E-state index in [4.69, 9.17) is 0 Å². The third-order valence-electron chi connectivity index (χ3n) is 3.97. The number of hydrogen-bond acceptors (Lipinski definition) is 3. The van der Waals surface area contributed by atoms with Crippen LogP contribution in [0.3, 0.4) is 0 Å². The molecule has 24 heavy (non-hydrogen) atoms. The van der Waals surface area contributed by atoms with E-state index >= 15 is 0 Å². The number of benzene rings is 1. The first-order valence-electron chi connectivity index (χ1n) is 7.58. The Bertz CT molecular complexity index is 969. The Morgan fingerprint density at radius 2 is 1.79 bits per heavy atom. The monoisotopic (exact) mass is 322 g/mol. The highest BCUT2D eigenvalue weighted by Gasteiger charge is 2.12. The van der Waals surface area contributed by atoms with Crippen LogP contribution >= 0.6 is 0 Å². The molecule has 0 unspecified atom stereocenters. The molecule has 0 aliphatic rings. The van der Waals surface area contributed by atoms with Gasteiger partial charge in [-0.05, 0) is 43.5 Å². The zero-order chi connectivity index (χ0) is 17.3. The number of amides is 1. The van der Waals surface area contributed by atoms with Crippen LogP contribution in [0.1, 0.15) is 27.2 Å². The first-order chi connectivity index (χ1) is 11.4. The molecule has 1 amide bonds. The molecule has 2 heterocycles. The SMILES string of the molecule is Cc1cc(C)c(-c2cc(NC(=O)c3cc(=O)cc[nH]3)n[nH]2)cc1C. The number of carbonyl (C=O) groups is 1. The van der Waals surface area contributed by atoms with Gasteiger partial charge in [0, 0.05) is 30.0 Å². The lowest BCUT2D eigenvalue weighted by Gasteiger charge is -2.07. The highest BCUT2D eigenvalue weighted by molar-refractivity contribution is 6.02. The van der Waals surface area contributed by atoms with Gasteiger partial charge in [-0.2, -0.15) is 5.10 Å². The minimum absolute atomic E-state index is 0.189. The lowest BCUT2D eigenvalue weighted by molar-refractivity contribution is 0.102. The molecule has 0 aliphatic heterocycles. The zero-order valence-corrected chi connectivity index (χ0v) is 13.7. The standard InChI is InChI=1S/C18H18N4O2/c1-10-6-12(3)14(7-11(10)2)15-9-17(22-21-15)20-18(24)16-8-13(23)4-5-19-16/h4-9H,1-3H3,(H,19,23)(H2,20,21,22,24). The number of H-pyrrole nitrogens is 2. The van der Waals surface area contributed by atoms with E-state index in [1.807, 2.05) is 6.92 Å². The van der Waals surface area contributed by atoms with Gasteiger partial charge in [0.1, 0.15) is 5.69 Å². The summed E-state index contributed by atoms with van der Waals surface area (Å²) in [6.45, 7) is 6.17. The van der Waals surface area contributed by atoms with Crippen molar-refractivity contribution in [2.75, 3.05) is 5.32 Å². The van der Waals surface area contributed by atoms with E-state index in [0.717, 1.165) is 16.8 Å². The van der Waals surface area contributed by atoms with E-state index in [1.54, 1.807) is 6.07 Å². The van der Waals surface area contributed by atoms with Crippen molar-refractivity contribution < 1.29 is 4.79 Å². The summed E-state index contributed by atoms with van der Waals surface area (Å²) in [5.41, 5.74) is 5.38. The predicted octanol–water partition coefficient (Wildman–Crippen LogP) is 2.94. The number of anilines is 1. The zero-order valence-electron chi connectivity index (χ0n) is 13.7. The maximum atomic E-state index is 12.1. The number of pyridine rings is 1. The van der Waals surface area contributed by atoms with Crippen molar-refractivity contribution in [2.45, 2.75) is 20.8 Å². The molecule has 3 N–H and O–H groups in total. The fourth-order valence-electron chi connectivity index (χ4n) is 2.53. The lowest BCUT2D eigenvalue weighted by Crippen LogP contribution is -2.16. The summed E-state index contributed by atoms with van der Waals surface area (Å²) in [7, 11) is 0. The van der Waals surface area contributed by atoms with Crippen molar-refractivity contribution in [1.29, 1.82) is 0 Å². The molecular formula is C18H18N4O2. The quantitative estimate of drug-likeness (QED) is 0.692. The highest BCUT2D eigenvalue weighted by atomic mass is 16.2. The maximum absolute atomic E-state index is 12.1. The van der Waals surface area contributed by atoms with Gasteiger partial charge >= 0.3 is 0 Å². The molecule has 3 aromatic rings. The molecule has 0 atom stereocenters. The highest BCUT2D eigenvalue weighted by Crippen LogP contribution is 2.26. The summed E-state index contributed by atoms with van der Waals surface area (Å²) < 4.78 is 0. The van der Waals surface area contributed by atoms with Gasteiger partial charge in [0.2, 0.25) is 0 Å². The molecule has 0 fully saturated rings. The third kappa shape index (κ3) is 3.12. The number of nitrogens with zero attached hydrogens (tertiary/aromatic N) is 1. The second-order valence-electron chi connectivity index (χ2n) is 5.81. The molecule has 6 nitrogen and oxygen atoms in total. The van der Waals surface area contributed by atoms with Crippen LogP contribution in [0.4, 0.5) is 5.82 Å². The smallest absolute Gasteiger partial charge is 0.273 e. The van der Waals surface area contributed by atoms with Crippen LogP contribution in [0.25, 0.3) is 11.3 Å². The molecule has 3 rings (SSSR count). The van der Waals surface area contributed by atoms with Gasteiger partial charge < -0.3 is 10.3 Å². The molecule has 0 aliphatic carbocycles. The molecule has 0 spiro atoms. The van der Waals surface area contributed by atoms with Crippen molar-refractivity contribution in [3.63, 3.8) is 0 Å². The van der Waals surface area contributed by atoms with Crippen LogP contribution in [0, 0.1) is 20.8 Å². The molecule has 0 radical (unpaired) electrons. The van der Waals surface area contributed by atoms with E-state index in [-0.39, 0.29) is 11.1 Å². The Balaban J connectivity index is 1.85. The maximum Gasteiger partial charge on any atom is 0.273 e. The molecule has 6 heteroatoms. The number of hydrogen-bond donors (Lipinski definition) is 3. The van der Waals surface area contributed by atoms with E-state index < -0.39 is 5.91 Å². The summed E-state index contributed by atoms with van der Waals surface area (Å²) >= 11 is 0. The fourth-order valence-corrected chi connectivity index (χ4v) is 2.53. The first kappa shape index (κ1) is 15.7. The topological polar surface area (TPSA) is 90.6 Å². The number of aryl methyl sites for hydroxylation is 3. The number of carbonyl (C=O) groups excluding carboxylic acids is 1. The Morgan fingerprint density at radius 3 is 2.54 bits per heavy atom. The van der Waals surface area contributed by atoms with Crippen molar-refractivity contribution in [3.05, 3.63) is 69.1 Å². The van der Waals surface area contributed by atoms with E-state index in [0.29, 0.717) is 5.82 Å². The van der Waals surface area contributed by atoms with Crippen LogP contribution in [0.5, 0.6) is 0 Å². The van der Waals surface area contributed by atoms with E-state index in [2.05, 4.69) is 46.5 Å². The minimum Gasteiger partial charge on any atom is -0.357 e. The lowest BCUT2D eigenvalue weighted by atomic mass is 9.99. The fraction of sp³-hybridized carbons (Fsp3) is 0.167. The summed E-state index contributed by atoms with van der Waals surface area (Å²) in [5, 5.41) is 9.74. The molecule has 122 valence electrons. The van der Waals surface area contributed by atoms with Gasteiger partial charge in [-0.1, -0.05) is 6.07 Å². The van der Waals surface area contributed by atoms with Gasteiger partial charge in [0.05, 0.1) is 5.69 Å². The van der Waals surface area contributed by atoms with Crippen molar-refractivity contribution in [2.24, 2.45) is 0 Å². The Morgan fingerprint density at radius 1 is 1.04 bits per heavy atom. The first-order valence-corrected chi connectivity index (χ1v) is 7.58. The Hall–Kier alpha value is -3.15. The molecular weight excluding hydrogens is 304 g/mol. The van der Waals surface area contributed by atoms with E-state index in [1.165, 1.54) is 29.5 Å². The predicted molar refractivity (Wildman–Crippen MR) is 93.3 cm³/mol. The summed E-state index contributed by atoms with van der Waals surface area (Å²) in [5.74, 6) is -0.0140. The number of rotatable bonds is 3. The van der Waals surface area contributed by atoms with Crippen LogP contribution < -0.4 is 10.7 Å². The Kier molecular flexibility index (Phi) is 4.04. The molecule has 0 saturated heterocycles. The average molecular weight is 322 g/mol. The average Bonchev–Trinajstić information content (AvgIpc) is 2.99. The summed E-state index contributed by atoms with van der Waals surface area (Å²) in [4.78, 5) is 26.2. The van der Waals surface area contributed by atoms with Gasteiger partial charge in [0.25, 0.3) is 5.91 Å². The number of aromatic amines is 2. The largest absolute Gasteiger partial charge is 0.357 e. The third-order valence-corrected chi connectivity index (χ3v) is 3.97. The van der Waals surface area contributed by atoms with Crippen molar-refractivity contribution in [1.82, 2.24) is 15.2 Å². The van der Waals surface area contributed by atoms with Gasteiger partial charge in [-0.15, -0.1) is 0 Å². The minimum atomic E-state index is -0.414. The van der Waals surface area contributed by atoms with Crippen LogP contribution in [-0.2, 0) is 0 Å². The Labute approximate surface area is 138 Å². The van der Waals surface area contributed by atoms with Crippen LogP contribution in [0.2, 0.25) is 0 Å². The normalized spacial score (nSPS) is 10.6. The van der Waals surface area contributed by atoms with E-state index in [9.17, 15) is 9.59 Å². The van der Waals surface area contributed by atoms with Gasteiger partial charge in [-0.3, -0.25) is 14.7 Å². The molecule has 2 aromatic heterocycles. The second-order valence-corrected chi connectivity index (χ2v) is 5.81. The number of nitrogens with one attached hydrogen (secondary N) is 3. The second kappa shape index (κ2) is 6.16. The number of aromatic nitrogens is 3. The van der Waals surface area contributed by atoms with Crippen LogP contribution in [-0.4, -0.2) is 21.1 Å². The summed E-state index contributed by atoms with van der Waals surface area (Å²) in [6.07, 6.45) is 1.44. The summed E-state index contributed by atoms with van der Waals surface area (Å²) in [6, 6.07) is 8.59. The van der Waals surface area contributed by atoms with Crippen molar-refractivity contribution >= 4 is 11.7 Å². The van der Waals surface area contributed by atoms with Crippen molar-refractivity contribution in [3.8, 4) is 11.3 Å². The molecule has 0 saturated carbocycles. The van der Waals surface area contributed by atoms with Gasteiger partial charge in [0.15, 0.2) is 11.2 Å². The molecule has 0 bridgehead atoms. The molecule has 1 aromatic carbocycles. The van der Waals surface area contributed by atoms with Gasteiger partial charge in [-0.25, -0.2) is 0 Å².